The Morgan fingerprint density at radius 2 is 1.95 bits per heavy atom. The lowest BCUT2D eigenvalue weighted by molar-refractivity contribution is -0.0317. The van der Waals surface area contributed by atoms with Crippen LogP contribution in [0.25, 0.3) is 0 Å². The highest BCUT2D eigenvalue weighted by atomic mass is 16.5. The molecule has 0 spiro atoms. The van der Waals surface area contributed by atoms with E-state index >= 15 is 0 Å². The number of hydrogen-bond donors (Lipinski definition) is 1. The smallest absolute Gasteiger partial charge is 0.123 e. The van der Waals surface area contributed by atoms with Gasteiger partial charge in [-0.1, -0.05) is 18.2 Å². The van der Waals surface area contributed by atoms with E-state index in [0.29, 0.717) is 25.4 Å². The molecule has 0 heterocycles. The fourth-order valence-corrected chi connectivity index (χ4v) is 2.77. The predicted molar refractivity (Wildman–Crippen MR) is 83.5 cm³/mol. The molecular weight excluding hydrogens is 266 g/mol. The molecule has 2 atom stereocenters. The van der Waals surface area contributed by atoms with Crippen LogP contribution in [0.5, 0.6) is 5.75 Å². The molecular formula is C17H27NO3. The average molecular weight is 293 g/mol. The van der Waals surface area contributed by atoms with Crippen LogP contribution in [0.1, 0.15) is 37.7 Å². The Hall–Kier alpha value is -1.10. The van der Waals surface area contributed by atoms with Crippen LogP contribution in [-0.4, -0.2) is 32.5 Å². The molecule has 1 aromatic carbocycles. The van der Waals surface area contributed by atoms with Crippen molar-refractivity contribution in [1.82, 2.24) is 0 Å². The molecule has 1 aliphatic carbocycles. The molecule has 2 rings (SSSR count). The number of methoxy groups -OCH3 is 1. The van der Waals surface area contributed by atoms with E-state index in [1.54, 1.807) is 7.11 Å². The van der Waals surface area contributed by atoms with Crippen molar-refractivity contribution in [3.63, 3.8) is 0 Å². The monoisotopic (exact) mass is 293 g/mol. The Balaban J connectivity index is 1.61. The third-order valence-electron chi connectivity index (χ3n) is 4.00. The van der Waals surface area contributed by atoms with Gasteiger partial charge in [-0.05, 0) is 31.7 Å². The summed E-state index contributed by atoms with van der Waals surface area (Å²) in [5.41, 5.74) is 6.74. The summed E-state index contributed by atoms with van der Waals surface area (Å²) < 4.78 is 17.1. The molecule has 0 bridgehead atoms. The van der Waals surface area contributed by atoms with Gasteiger partial charge in [-0.3, -0.25) is 0 Å². The largest absolute Gasteiger partial charge is 0.493 e. The van der Waals surface area contributed by atoms with Crippen LogP contribution < -0.4 is 10.5 Å². The van der Waals surface area contributed by atoms with Crippen molar-refractivity contribution in [2.24, 2.45) is 5.73 Å². The van der Waals surface area contributed by atoms with Gasteiger partial charge in [0.05, 0.1) is 25.4 Å². The van der Waals surface area contributed by atoms with Crippen LogP contribution in [0.3, 0.4) is 0 Å². The van der Waals surface area contributed by atoms with Crippen LogP contribution >= 0.6 is 0 Å². The molecule has 1 saturated carbocycles. The lowest BCUT2D eigenvalue weighted by Crippen LogP contribution is -2.28. The average Bonchev–Trinajstić information content (AvgIpc) is 2.55. The van der Waals surface area contributed by atoms with Gasteiger partial charge < -0.3 is 19.9 Å². The van der Waals surface area contributed by atoms with Crippen molar-refractivity contribution in [3.05, 3.63) is 29.8 Å². The number of rotatable bonds is 8. The van der Waals surface area contributed by atoms with Crippen molar-refractivity contribution in [1.29, 1.82) is 0 Å². The van der Waals surface area contributed by atoms with Crippen LogP contribution in [0.15, 0.2) is 24.3 Å². The molecule has 0 saturated heterocycles. The summed E-state index contributed by atoms with van der Waals surface area (Å²) in [4.78, 5) is 0. The molecule has 2 unspecified atom stereocenters. The molecule has 0 aliphatic heterocycles. The van der Waals surface area contributed by atoms with Crippen molar-refractivity contribution in [2.45, 2.75) is 50.9 Å². The number of para-hydroxylation sites is 1. The summed E-state index contributed by atoms with van der Waals surface area (Å²) in [5.74, 6) is 0.886. The number of nitrogens with two attached hydrogens (primary N) is 1. The molecule has 0 radical (unpaired) electrons. The molecule has 0 aromatic heterocycles. The Kier molecular flexibility index (Phi) is 7.00. The second kappa shape index (κ2) is 9.03. The fourth-order valence-electron chi connectivity index (χ4n) is 2.77. The molecule has 4 heteroatoms. The molecule has 0 amide bonds. The van der Waals surface area contributed by atoms with E-state index in [-0.39, 0.29) is 0 Å². The fraction of sp³-hybridized carbons (Fsp3) is 0.647. The van der Waals surface area contributed by atoms with Crippen LogP contribution in [0.4, 0.5) is 0 Å². The SMILES string of the molecule is COC1CCCC(OCCCOc2ccccc2CN)C1. The maximum absolute atomic E-state index is 5.92. The van der Waals surface area contributed by atoms with Gasteiger partial charge in [0.2, 0.25) is 0 Å². The summed E-state index contributed by atoms with van der Waals surface area (Å²) in [6.07, 6.45) is 6.15. The molecule has 1 aromatic rings. The maximum atomic E-state index is 5.92. The Bertz CT molecular complexity index is 411. The lowest BCUT2D eigenvalue weighted by Gasteiger charge is -2.28. The van der Waals surface area contributed by atoms with Gasteiger partial charge in [0.1, 0.15) is 5.75 Å². The van der Waals surface area contributed by atoms with Gasteiger partial charge in [-0.15, -0.1) is 0 Å². The molecule has 1 fully saturated rings. The Labute approximate surface area is 127 Å². The summed E-state index contributed by atoms with van der Waals surface area (Å²) in [5, 5.41) is 0. The highest BCUT2D eigenvalue weighted by Crippen LogP contribution is 2.23. The minimum Gasteiger partial charge on any atom is -0.493 e. The van der Waals surface area contributed by atoms with Gasteiger partial charge in [0.15, 0.2) is 0 Å². The van der Waals surface area contributed by atoms with Gasteiger partial charge in [-0.25, -0.2) is 0 Å². The number of hydrogen-bond acceptors (Lipinski definition) is 4. The molecule has 21 heavy (non-hydrogen) atoms. The van der Waals surface area contributed by atoms with E-state index < -0.39 is 0 Å². The Morgan fingerprint density at radius 3 is 2.76 bits per heavy atom. The van der Waals surface area contributed by atoms with Crippen LogP contribution in [0, 0.1) is 0 Å². The second-order valence-electron chi connectivity index (χ2n) is 5.53. The van der Waals surface area contributed by atoms with E-state index in [9.17, 15) is 0 Å². The quantitative estimate of drug-likeness (QED) is 0.749. The lowest BCUT2D eigenvalue weighted by atomic mass is 9.95. The van der Waals surface area contributed by atoms with Gasteiger partial charge in [-0.2, -0.15) is 0 Å². The highest BCUT2D eigenvalue weighted by Gasteiger charge is 2.21. The van der Waals surface area contributed by atoms with Gasteiger partial charge in [0.25, 0.3) is 0 Å². The first-order chi connectivity index (χ1) is 10.3. The van der Waals surface area contributed by atoms with Crippen molar-refractivity contribution < 1.29 is 14.2 Å². The van der Waals surface area contributed by atoms with E-state index in [1.165, 1.54) is 6.42 Å². The minimum absolute atomic E-state index is 0.347. The first kappa shape index (κ1) is 16.3. The second-order valence-corrected chi connectivity index (χ2v) is 5.53. The predicted octanol–water partition coefficient (Wildman–Crippen LogP) is 2.89. The summed E-state index contributed by atoms with van der Waals surface area (Å²) in [6.45, 7) is 1.91. The third kappa shape index (κ3) is 5.30. The molecule has 2 N–H and O–H groups in total. The zero-order valence-corrected chi connectivity index (χ0v) is 12.9. The standard InChI is InChI=1S/C17H27NO3/c1-19-15-7-4-8-16(12-15)20-10-5-11-21-17-9-3-2-6-14(17)13-18/h2-3,6,9,15-16H,4-5,7-8,10-13,18H2,1H3. The summed E-state index contributed by atoms with van der Waals surface area (Å²) >= 11 is 0. The topological polar surface area (TPSA) is 53.7 Å². The van der Waals surface area contributed by atoms with Crippen LogP contribution in [-0.2, 0) is 16.0 Å². The van der Waals surface area contributed by atoms with E-state index in [0.717, 1.165) is 43.6 Å². The van der Waals surface area contributed by atoms with Gasteiger partial charge >= 0.3 is 0 Å². The molecule has 1 aliphatic rings. The van der Waals surface area contributed by atoms with Crippen molar-refractivity contribution in [3.8, 4) is 5.75 Å². The first-order valence-electron chi connectivity index (χ1n) is 7.88. The summed E-state index contributed by atoms with van der Waals surface area (Å²) in [7, 11) is 1.79. The number of benzene rings is 1. The maximum Gasteiger partial charge on any atom is 0.123 e. The zero-order chi connectivity index (χ0) is 14.9. The zero-order valence-electron chi connectivity index (χ0n) is 12.9. The van der Waals surface area contributed by atoms with E-state index in [1.807, 2.05) is 24.3 Å². The molecule has 118 valence electrons. The Morgan fingerprint density at radius 1 is 1.14 bits per heavy atom. The number of ether oxygens (including phenoxy) is 3. The summed E-state index contributed by atoms with van der Waals surface area (Å²) in [6, 6.07) is 7.91. The third-order valence-corrected chi connectivity index (χ3v) is 4.00. The minimum atomic E-state index is 0.347. The van der Waals surface area contributed by atoms with E-state index in [4.69, 9.17) is 19.9 Å². The highest BCUT2D eigenvalue weighted by molar-refractivity contribution is 5.32. The first-order valence-corrected chi connectivity index (χ1v) is 7.88. The van der Waals surface area contributed by atoms with Crippen molar-refractivity contribution >= 4 is 0 Å². The van der Waals surface area contributed by atoms with Gasteiger partial charge in [0, 0.05) is 25.6 Å². The molecule has 4 nitrogen and oxygen atoms in total. The van der Waals surface area contributed by atoms with Crippen molar-refractivity contribution in [2.75, 3.05) is 20.3 Å². The van der Waals surface area contributed by atoms with Crippen LogP contribution in [0.2, 0.25) is 0 Å². The normalized spacial score (nSPS) is 22.2. The van der Waals surface area contributed by atoms with E-state index in [2.05, 4.69) is 0 Å².